The van der Waals surface area contributed by atoms with Gasteiger partial charge in [-0.25, -0.2) is 0 Å². The summed E-state index contributed by atoms with van der Waals surface area (Å²) in [5.74, 6) is -0.914. The number of hydrogen-bond acceptors (Lipinski definition) is 6. The van der Waals surface area contributed by atoms with Crippen LogP contribution in [0.15, 0.2) is 60.8 Å². The van der Waals surface area contributed by atoms with Crippen LogP contribution < -0.4 is 0 Å². The van der Waals surface area contributed by atoms with Crippen molar-refractivity contribution in [3.05, 3.63) is 60.8 Å². The molecule has 0 spiro atoms. The lowest BCUT2D eigenvalue weighted by Gasteiger charge is -2.18. The molecule has 6 heteroatoms. The molecule has 0 bridgehead atoms. The maximum absolute atomic E-state index is 12.8. The van der Waals surface area contributed by atoms with Crippen LogP contribution in [-0.2, 0) is 28.6 Å². The number of unbranched alkanes of at least 4 members (excludes halogenated alkanes) is 35. The summed E-state index contributed by atoms with van der Waals surface area (Å²) in [5, 5.41) is 0. The molecule has 0 radical (unpaired) electrons. The Kier molecular flexibility index (Phi) is 57.2. The fourth-order valence-corrected chi connectivity index (χ4v) is 8.86. The van der Waals surface area contributed by atoms with Crippen molar-refractivity contribution < 1.29 is 28.6 Å². The van der Waals surface area contributed by atoms with Gasteiger partial charge >= 0.3 is 17.9 Å². The SMILES string of the molecule is CC/C=C\C/C=C\C/C=C\CCCCCC(=O)OC(COC(=O)CCCCCCC/C=C\CCCCCC)COC(=O)CCCCCCCCCCCCCCCCC/C=C\CCCCCCCCCC. The van der Waals surface area contributed by atoms with Crippen LogP contribution in [-0.4, -0.2) is 37.2 Å². The highest BCUT2D eigenvalue weighted by Gasteiger charge is 2.19. The normalized spacial score (nSPS) is 12.4. The highest BCUT2D eigenvalue weighted by atomic mass is 16.6. The Balaban J connectivity index is 4.20. The summed E-state index contributed by atoms with van der Waals surface area (Å²) in [5.41, 5.74) is 0. The molecule has 0 fully saturated rings. The number of rotatable bonds is 56. The summed E-state index contributed by atoms with van der Waals surface area (Å²) in [6, 6.07) is 0. The van der Waals surface area contributed by atoms with Gasteiger partial charge in [-0.05, 0) is 103 Å². The molecule has 0 aliphatic carbocycles. The monoisotopic (exact) mass is 993 g/mol. The lowest BCUT2D eigenvalue weighted by molar-refractivity contribution is -0.167. The van der Waals surface area contributed by atoms with E-state index in [0.29, 0.717) is 19.3 Å². The molecule has 1 unspecified atom stereocenters. The predicted molar refractivity (Wildman–Crippen MR) is 307 cm³/mol. The van der Waals surface area contributed by atoms with Crippen LogP contribution in [0.5, 0.6) is 0 Å². The van der Waals surface area contributed by atoms with Crippen molar-refractivity contribution in [2.75, 3.05) is 13.2 Å². The molecule has 0 aromatic carbocycles. The van der Waals surface area contributed by atoms with Gasteiger partial charge in [0.15, 0.2) is 6.10 Å². The fraction of sp³-hybridized carbons (Fsp3) is 0.800. The number of esters is 3. The quantitative estimate of drug-likeness (QED) is 0.0261. The Morgan fingerprint density at radius 1 is 0.296 bits per heavy atom. The van der Waals surface area contributed by atoms with E-state index in [0.717, 1.165) is 89.9 Å². The first-order valence-corrected chi connectivity index (χ1v) is 30.8. The third kappa shape index (κ3) is 57.9. The zero-order chi connectivity index (χ0) is 51.4. The van der Waals surface area contributed by atoms with Gasteiger partial charge in [-0.3, -0.25) is 14.4 Å². The van der Waals surface area contributed by atoms with Gasteiger partial charge in [0, 0.05) is 19.3 Å². The summed E-state index contributed by atoms with van der Waals surface area (Å²) in [6.45, 7) is 6.51. The second kappa shape index (κ2) is 59.7. The molecule has 0 aliphatic rings. The minimum absolute atomic E-state index is 0.0868. The van der Waals surface area contributed by atoms with Gasteiger partial charge < -0.3 is 14.2 Å². The van der Waals surface area contributed by atoms with Gasteiger partial charge in [0.2, 0.25) is 0 Å². The molecule has 0 aromatic rings. The smallest absolute Gasteiger partial charge is 0.306 e. The van der Waals surface area contributed by atoms with Crippen LogP contribution >= 0.6 is 0 Å². The summed E-state index contributed by atoms with van der Waals surface area (Å²) in [4.78, 5) is 38.1. The first kappa shape index (κ1) is 68.1. The van der Waals surface area contributed by atoms with E-state index in [1.165, 1.54) is 186 Å². The van der Waals surface area contributed by atoms with Crippen molar-refractivity contribution in [1.29, 1.82) is 0 Å². The minimum Gasteiger partial charge on any atom is -0.462 e. The van der Waals surface area contributed by atoms with Crippen molar-refractivity contribution in [2.45, 2.75) is 322 Å². The number of allylic oxidation sites excluding steroid dienone is 10. The van der Waals surface area contributed by atoms with E-state index >= 15 is 0 Å². The van der Waals surface area contributed by atoms with E-state index in [1.54, 1.807) is 0 Å². The molecule has 6 nitrogen and oxygen atoms in total. The van der Waals surface area contributed by atoms with Crippen molar-refractivity contribution in [3.8, 4) is 0 Å². The molecule has 0 rings (SSSR count). The van der Waals surface area contributed by atoms with Crippen LogP contribution in [0.1, 0.15) is 316 Å². The van der Waals surface area contributed by atoms with Gasteiger partial charge in [0.05, 0.1) is 0 Å². The van der Waals surface area contributed by atoms with Crippen LogP contribution in [0.2, 0.25) is 0 Å². The predicted octanol–water partition coefficient (Wildman–Crippen LogP) is 20.8. The van der Waals surface area contributed by atoms with E-state index < -0.39 is 6.10 Å². The molecule has 0 aromatic heterocycles. The molecule has 0 aliphatic heterocycles. The Morgan fingerprint density at radius 2 is 0.549 bits per heavy atom. The van der Waals surface area contributed by atoms with Crippen molar-refractivity contribution >= 4 is 17.9 Å². The Morgan fingerprint density at radius 3 is 0.901 bits per heavy atom. The van der Waals surface area contributed by atoms with Gasteiger partial charge in [0.25, 0.3) is 0 Å². The van der Waals surface area contributed by atoms with Crippen LogP contribution in [0, 0.1) is 0 Å². The first-order chi connectivity index (χ1) is 35.0. The molecular weight excluding hydrogens is 877 g/mol. The summed E-state index contributed by atoms with van der Waals surface area (Å²) < 4.78 is 16.8. The van der Waals surface area contributed by atoms with Crippen LogP contribution in [0.4, 0.5) is 0 Å². The Bertz CT molecular complexity index is 1280. The molecule has 0 N–H and O–H groups in total. The highest BCUT2D eigenvalue weighted by molar-refractivity contribution is 5.71. The minimum atomic E-state index is -0.791. The maximum Gasteiger partial charge on any atom is 0.306 e. The number of ether oxygens (including phenoxy) is 3. The van der Waals surface area contributed by atoms with E-state index in [-0.39, 0.29) is 31.1 Å². The second-order valence-electron chi connectivity index (χ2n) is 20.6. The second-order valence-corrected chi connectivity index (χ2v) is 20.6. The van der Waals surface area contributed by atoms with E-state index in [4.69, 9.17) is 14.2 Å². The van der Waals surface area contributed by atoms with E-state index in [2.05, 4.69) is 81.5 Å². The lowest BCUT2D eigenvalue weighted by atomic mass is 10.0. The molecule has 71 heavy (non-hydrogen) atoms. The average molecular weight is 994 g/mol. The first-order valence-electron chi connectivity index (χ1n) is 30.8. The topological polar surface area (TPSA) is 78.9 Å². The van der Waals surface area contributed by atoms with Crippen molar-refractivity contribution in [2.24, 2.45) is 0 Å². The maximum atomic E-state index is 12.8. The largest absolute Gasteiger partial charge is 0.462 e. The average Bonchev–Trinajstić information content (AvgIpc) is 3.37. The Labute approximate surface area is 440 Å². The zero-order valence-corrected chi connectivity index (χ0v) is 47.2. The molecule has 0 saturated carbocycles. The number of hydrogen-bond donors (Lipinski definition) is 0. The third-order valence-corrected chi connectivity index (χ3v) is 13.5. The number of carbonyl (C=O) groups is 3. The summed E-state index contributed by atoms with van der Waals surface area (Å²) >= 11 is 0. The molecule has 412 valence electrons. The van der Waals surface area contributed by atoms with Crippen molar-refractivity contribution in [1.82, 2.24) is 0 Å². The third-order valence-electron chi connectivity index (χ3n) is 13.5. The van der Waals surface area contributed by atoms with Crippen molar-refractivity contribution in [3.63, 3.8) is 0 Å². The zero-order valence-electron chi connectivity index (χ0n) is 47.2. The van der Waals surface area contributed by atoms with Gasteiger partial charge in [-0.15, -0.1) is 0 Å². The molecule has 0 heterocycles. The van der Waals surface area contributed by atoms with E-state index in [1.807, 2.05) is 0 Å². The lowest BCUT2D eigenvalue weighted by Crippen LogP contribution is -2.30. The standard InChI is InChI=1S/C65H116O6/c1-4-7-10-13-16-19-22-25-26-27-28-29-30-31-32-33-34-35-36-37-38-41-43-46-49-52-55-58-64(67)70-61-62(71-65(68)59-56-53-50-47-44-40-24-21-18-15-12-9-6-3)60-69-63(66)57-54-51-48-45-42-39-23-20-17-14-11-8-5-2/h9,12,18,20-21,23,27-28,40,44,62H,4-8,10-11,13-17,19,22,24-26,29-39,41-43,45-61H2,1-3H3/b12-9-,21-18-,23-20-,28-27-,44-40-. The fourth-order valence-electron chi connectivity index (χ4n) is 8.86. The number of carbonyl (C=O) groups excluding carboxylic acids is 3. The van der Waals surface area contributed by atoms with Gasteiger partial charge in [-0.2, -0.15) is 0 Å². The molecule has 1 atom stereocenters. The van der Waals surface area contributed by atoms with E-state index in [9.17, 15) is 14.4 Å². The van der Waals surface area contributed by atoms with Crippen LogP contribution in [0.25, 0.3) is 0 Å². The molecule has 0 amide bonds. The van der Waals surface area contributed by atoms with Gasteiger partial charge in [-0.1, -0.05) is 255 Å². The Hall–Kier alpha value is -2.89. The van der Waals surface area contributed by atoms with Gasteiger partial charge in [0.1, 0.15) is 13.2 Å². The summed E-state index contributed by atoms with van der Waals surface area (Å²) in [7, 11) is 0. The molecular formula is C65H116O6. The van der Waals surface area contributed by atoms with Crippen LogP contribution in [0.3, 0.4) is 0 Å². The molecule has 0 saturated heterocycles. The summed E-state index contributed by atoms with van der Waals surface area (Å²) in [6.07, 6.45) is 75.3. The highest BCUT2D eigenvalue weighted by Crippen LogP contribution is 2.16.